The van der Waals surface area contributed by atoms with Gasteiger partial charge in [-0.2, -0.15) is 0 Å². The molecular formula is C28H26N8O2. The maximum atomic E-state index is 13.2. The summed E-state index contributed by atoms with van der Waals surface area (Å²) in [6.07, 6.45) is 6.47. The number of aromatic amines is 1. The van der Waals surface area contributed by atoms with Crippen LogP contribution >= 0.6 is 0 Å². The molecule has 1 aliphatic heterocycles. The number of likely N-dealkylation sites (tertiary alicyclic amines) is 1. The van der Waals surface area contributed by atoms with E-state index in [-0.39, 0.29) is 17.9 Å². The van der Waals surface area contributed by atoms with Gasteiger partial charge in [0.1, 0.15) is 12.1 Å². The summed E-state index contributed by atoms with van der Waals surface area (Å²) in [4.78, 5) is 34.3. The van der Waals surface area contributed by atoms with Crippen LogP contribution in [0.15, 0.2) is 79.8 Å². The second kappa shape index (κ2) is 9.81. The number of hydrogen-bond acceptors (Lipinski definition) is 6. The number of carbonyl (C=O) groups is 2. The molecule has 2 amide bonds. The average molecular weight is 507 g/mol. The Morgan fingerprint density at radius 2 is 1.95 bits per heavy atom. The van der Waals surface area contributed by atoms with Crippen molar-refractivity contribution in [1.29, 1.82) is 0 Å². The molecule has 0 bridgehead atoms. The van der Waals surface area contributed by atoms with Crippen LogP contribution in [0, 0.1) is 0 Å². The first-order valence-corrected chi connectivity index (χ1v) is 12.5. The zero-order valence-electron chi connectivity index (χ0n) is 20.6. The van der Waals surface area contributed by atoms with E-state index in [0.717, 1.165) is 34.9 Å². The summed E-state index contributed by atoms with van der Waals surface area (Å²) in [5.41, 5.74) is 4.86. The number of para-hydroxylation sites is 1. The van der Waals surface area contributed by atoms with Gasteiger partial charge in [-0.15, -0.1) is 14.8 Å². The number of H-pyrrole nitrogens is 1. The Morgan fingerprint density at radius 1 is 1.11 bits per heavy atom. The molecule has 6 rings (SSSR count). The predicted molar refractivity (Wildman–Crippen MR) is 146 cm³/mol. The van der Waals surface area contributed by atoms with Gasteiger partial charge in [-0.3, -0.25) is 9.59 Å². The normalized spacial score (nSPS) is 15.5. The molecule has 0 aliphatic carbocycles. The number of fused-ring (bicyclic) bond motifs is 2. The van der Waals surface area contributed by atoms with Gasteiger partial charge in [-0.05, 0) is 55.3 Å². The van der Waals surface area contributed by atoms with Crippen molar-refractivity contribution >= 4 is 39.9 Å². The molecule has 0 spiro atoms. The van der Waals surface area contributed by atoms with Crippen LogP contribution in [-0.2, 0) is 4.79 Å². The van der Waals surface area contributed by atoms with Crippen molar-refractivity contribution in [1.82, 2.24) is 29.7 Å². The van der Waals surface area contributed by atoms with Gasteiger partial charge >= 0.3 is 0 Å². The number of carbonyl (C=O) groups excluding carboxylic acids is 2. The molecule has 4 heterocycles. The highest BCUT2D eigenvalue weighted by Crippen LogP contribution is 2.32. The van der Waals surface area contributed by atoms with Gasteiger partial charge in [-0.25, -0.2) is 4.98 Å². The fourth-order valence-electron chi connectivity index (χ4n) is 4.94. The van der Waals surface area contributed by atoms with Gasteiger partial charge in [0.2, 0.25) is 5.91 Å². The lowest BCUT2D eigenvalue weighted by Crippen LogP contribution is -2.45. The Hall–Kier alpha value is -4.99. The minimum absolute atomic E-state index is 0.0307. The van der Waals surface area contributed by atoms with Gasteiger partial charge < -0.3 is 20.5 Å². The molecule has 1 aliphatic rings. The zero-order chi connectivity index (χ0) is 26.1. The second-order valence-electron chi connectivity index (χ2n) is 9.27. The number of piperidine rings is 1. The van der Waals surface area contributed by atoms with Crippen LogP contribution in [0.2, 0.25) is 0 Å². The quantitative estimate of drug-likeness (QED) is 0.298. The fourth-order valence-corrected chi connectivity index (χ4v) is 4.94. The van der Waals surface area contributed by atoms with Crippen LogP contribution in [0.1, 0.15) is 23.2 Å². The minimum Gasteiger partial charge on any atom is -0.364 e. The van der Waals surface area contributed by atoms with E-state index in [1.165, 1.54) is 17.0 Å². The van der Waals surface area contributed by atoms with Crippen LogP contribution in [0.4, 0.5) is 11.5 Å². The summed E-state index contributed by atoms with van der Waals surface area (Å²) in [5.74, 6) is 0.335. The third-order valence-corrected chi connectivity index (χ3v) is 6.78. The lowest BCUT2D eigenvalue weighted by atomic mass is 10.0. The van der Waals surface area contributed by atoms with Crippen molar-refractivity contribution in [2.24, 2.45) is 0 Å². The van der Waals surface area contributed by atoms with Gasteiger partial charge in [0.15, 0.2) is 5.65 Å². The molecule has 10 heteroatoms. The zero-order valence-corrected chi connectivity index (χ0v) is 20.6. The van der Waals surface area contributed by atoms with Crippen LogP contribution < -0.4 is 10.6 Å². The molecular weight excluding hydrogens is 480 g/mol. The maximum Gasteiger partial charge on any atom is 0.253 e. The van der Waals surface area contributed by atoms with Crippen molar-refractivity contribution in [2.45, 2.75) is 18.9 Å². The molecule has 0 radical (unpaired) electrons. The van der Waals surface area contributed by atoms with E-state index in [4.69, 9.17) is 0 Å². The maximum absolute atomic E-state index is 13.2. The third-order valence-electron chi connectivity index (χ3n) is 6.78. The number of hydrogen-bond donors (Lipinski definition) is 3. The first kappa shape index (κ1) is 23.4. The molecule has 38 heavy (non-hydrogen) atoms. The minimum atomic E-state index is -0.292. The van der Waals surface area contributed by atoms with E-state index in [2.05, 4.69) is 43.4 Å². The summed E-state index contributed by atoms with van der Waals surface area (Å²) >= 11 is 0. The van der Waals surface area contributed by atoms with Crippen molar-refractivity contribution < 1.29 is 9.59 Å². The topological polar surface area (TPSA) is 120 Å². The summed E-state index contributed by atoms with van der Waals surface area (Å²) in [5, 5.41) is 16.2. The lowest BCUT2D eigenvalue weighted by molar-refractivity contribution is -0.111. The van der Waals surface area contributed by atoms with E-state index < -0.39 is 0 Å². The summed E-state index contributed by atoms with van der Waals surface area (Å²) in [6.45, 7) is 4.68. The van der Waals surface area contributed by atoms with Crippen molar-refractivity contribution in [3.63, 3.8) is 0 Å². The Morgan fingerprint density at radius 3 is 2.79 bits per heavy atom. The molecule has 3 aromatic heterocycles. The fraction of sp³-hybridized carbons (Fsp3) is 0.179. The summed E-state index contributed by atoms with van der Waals surface area (Å²) < 4.78 is 1.54. The number of amides is 2. The predicted octanol–water partition coefficient (Wildman–Crippen LogP) is 4.11. The van der Waals surface area contributed by atoms with E-state index in [9.17, 15) is 9.59 Å². The average Bonchev–Trinajstić information content (AvgIpc) is 3.60. The summed E-state index contributed by atoms with van der Waals surface area (Å²) in [6, 6.07) is 17.1. The highest BCUT2D eigenvalue weighted by atomic mass is 16.2. The number of anilines is 2. The molecule has 190 valence electrons. The van der Waals surface area contributed by atoms with Crippen molar-refractivity contribution in [3.8, 4) is 11.1 Å². The van der Waals surface area contributed by atoms with Crippen LogP contribution in [0.25, 0.3) is 27.7 Å². The molecule has 0 saturated carbocycles. The molecule has 1 atom stereocenters. The Balaban J connectivity index is 1.21. The first-order chi connectivity index (χ1) is 18.6. The monoisotopic (exact) mass is 506 g/mol. The van der Waals surface area contributed by atoms with Crippen LogP contribution in [0.3, 0.4) is 0 Å². The molecule has 3 N–H and O–H groups in total. The second-order valence-corrected chi connectivity index (χ2v) is 9.27. The molecule has 1 fully saturated rings. The van der Waals surface area contributed by atoms with Crippen LogP contribution in [0.5, 0.6) is 0 Å². The third kappa shape index (κ3) is 4.47. The van der Waals surface area contributed by atoms with Gasteiger partial charge in [0.05, 0.1) is 0 Å². The van der Waals surface area contributed by atoms with Crippen LogP contribution in [-0.4, -0.2) is 60.6 Å². The highest BCUT2D eigenvalue weighted by molar-refractivity contribution is 6.00. The Labute approximate surface area is 218 Å². The largest absolute Gasteiger partial charge is 0.364 e. The molecule has 10 nitrogen and oxygen atoms in total. The number of nitrogens with one attached hydrogen (secondary N) is 3. The van der Waals surface area contributed by atoms with Crippen molar-refractivity contribution in [3.05, 3.63) is 85.3 Å². The standard InChI is InChI=1S/C28H26N8O2/c1-2-26(37)33-19-11-9-18(10-12-19)28(38)35-13-5-6-20(16-35)32-25-14-22(27-30-17-31-36(27)34-25)23-15-29-24-8-4-3-7-21(23)24/h2-4,7-12,14-15,17,20,29H,1,5-6,13,16H2,(H,32,34)(H,33,37)/t20-/m1/s1. The van der Waals surface area contributed by atoms with E-state index >= 15 is 0 Å². The number of aromatic nitrogens is 5. The smallest absolute Gasteiger partial charge is 0.253 e. The number of nitrogens with zero attached hydrogens (tertiary/aromatic N) is 5. The molecule has 5 aromatic rings. The van der Waals surface area contributed by atoms with Crippen molar-refractivity contribution in [2.75, 3.05) is 23.7 Å². The molecule has 2 aromatic carbocycles. The van der Waals surface area contributed by atoms with Gasteiger partial charge in [0, 0.05) is 58.6 Å². The Kier molecular flexibility index (Phi) is 6.04. The highest BCUT2D eigenvalue weighted by Gasteiger charge is 2.25. The lowest BCUT2D eigenvalue weighted by Gasteiger charge is -2.33. The Bertz CT molecular complexity index is 1650. The first-order valence-electron chi connectivity index (χ1n) is 12.5. The van der Waals surface area contributed by atoms with E-state index in [0.29, 0.717) is 35.8 Å². The number of benzene rings is 2. The molecule has 1 saturated heterocycles. The van der Waals surface area contributed by atoms with E-state index in [1.807, 2.05) is 35.4 Å². The molecule has 0 unspecified atom stereocenters. The van der Waals surface area contributed by atoms with E-state index in [1.54, 1.807) is 24.3 Å². The SMILES string of the molecule is C=CC(=O)Nc1ccc(C(=O)N2CCC[C@@H](Nc3cc(-c4c[nH]c5ccccc45)c4ncnn4n3)C2)cc1. The van der Waals surface area contributed by atoms with Gasteiger partial charge in [-0.1, -0.05) is 24.8 Å². The number of rotatable bonds is 6. The van der Waals surface area contributed by atoms with Gasteiger partial charge in [0.25, 0.3) is 5.91 Å². The summed E-state index contributed by atoms with van der Waals surface area (Å²) in [7, 11) is 0.